The summed E-state index contributed by atoms with van der Waals surface area (Å²) in [4.78, 5) is 16.6. The zero-order valence-corrected chi connectivity index (χ0v) is 12.3. The van der Waals surface area contributed by atoms with E-state index < -0.39 is 30.5 Å². The highest BCUT2D eigenvalue weighted by molar-refractivity contribution is 5.72. The van der Waals surface area contributed by atoms with Crippen LogP contribution in [0.4, 0.5) is 19.1 Å². The maximum Gasteiger partial charge on any atom is 0.394 e. The Kier molecular flexibility index (Phi) is 4.52. The lowest BCUT2D eigenvalue weighted by Gasteiger charge is -2.18. The van der Waals surface area contributed by atoms with Crippen LogP contribution in [0.2, 0.25) is 0 Å². The lowest BCUT2D eigenvalue weighted by atomic mass is 9.96. The molecule has 122 valence electrons. The predicted octanol–water partition coefficient (Wildman–Crippen LogP) is 1.70. The van der Waals surface area contributed by atoms with E-state index in [-0.39, 0.29) is 12.5 Å². The molecule has 2 atom stereocenters. The number of hydrogen-bond donors (Lipinski definition) is 1. The van der Waals surface area contributed by atoms with Crippen molar-refractivity contribution in [3.8, 4) is 0 Å². The zero-order chi connectivity index (χ0) is 16.5. The van der Waals surface area contributed by atoms with Crippen LogP contribution in [0.15, 0.2) is 0 Å². The van der Waals surface area contributed by atoms with Gasteiger partial charge in [-0.25, -0.2) is 4.98 Å². The van der Waals surface area contributed by atoms with E-state index >= 15 is 0 Å². The van der Waals surface area contributed by atoms with Crippen molar-refractivity contribution in [3.63, 3.8) is 0 Å². The van der Waals surface area contributed by atoms with Gasteiger partial charge in [-0.3, -0.25) is 4.79 Å². The third-order valence-corrected chi connectivity index (χ3v) is 3.84. The van der Waals surface area contributed by atoms with E-state index in [9.17, 15) is 18.0 Å². The van der Waals surface area contributed by atoms with Crippen LogP contribution in [0.5, 0.6) is 0 Å². The molecule has 0 saturated carbocycles. The van der Waals surface area contributed by atoms with Crippen LogP contribution >= 0.6 is 0 Å². The maximum atomic E-state index is 13.0. The molecule has 0 spiro atoms. The minimum atomic E-state index is -4.57. The van der Waals surface area contributed by atoms with Gasteiger partial charge in [0, 0.05) is 13.1 Å². The summed E-state index contributed by atoms with van der Waals surface area (Å²) in [5.41, 5.74) is 1.38. The number of aliphatic carboxylic acids is 1. The summed E-state index contributed by atoms with van der Waals surface area (Å²) >= 11 is 0. The second-order valence-electron chi connectivity index (χ2n) is 5.21. The summed E-state index contributed by atoms with van der Waals surface area (Å²) in [5, 5.41) is 16.9. The molecule has 1 aliphatic heterocycles. The summed E-state index contributed by atoms with van der Waals surface area (Å²) in [5.74, 6) is -4.84. The number of carboxylic acids is 1. The summed E-state index contributed by atoms with van der Waals surface area (Å²) in [7, 11) is 0. The van der Waals surface area contributed by atoms with Gasteiger partial charge in [0.1, 0.15) is 0 Å². The van der Waals surface area contributed by atoms with Crippen molar-refractivity contribution in [2.24, 2.45) is 11.8 Å². The van der Waals surface area contributed by atoms with Gasteiger partial charge in [-0.15, -0.1) is 5.10 Å². The van der Waals surface area contributed by atoms with Gasteiger partial charge in [0.25, 0.3) is 0 Å². The molecule has 1 aliphatic rings. The average Bonchev–Trinajstić information content (AvgIpc) is 2.92. The molecular formula is C13H17F3N4O2. The minimum Gasteiger partial charge on any atom is -0.481 e. The van der Waals surface area contributed by atoms with Crippen molar-refractivity contribution in [3.05, 3.63) is 11.4 Å². The van der Waals surface area contributed by atoms with Crippen LogP contribution in [0.3, 0.4) is 0 Å². The average molecular weight is 318 g/mol. The molecule has 1 aromatic heterocycles. The molecule has 0 aliphatic carbocycles. The van der Waals surface area contributed by atoms with Crippen LogP contribution in [-0.4, -0.2) is 45.5 Å². The lowest BCUT2D eigenvalue weighted by molar-refractivity contribution is -0.187. The second kappa shape index (κ2) is 6.05. The number of hydrogen-bond acceptors (Lipinski definition) is 5. The van der Waals surface area contributed by atoms with Gasteiger partial charge in [0.2, 0.25) is 5.95 Å². The minimum absolute atomic E-state index is 0.0621. The van der Waals surface area contributed by atoms with Crippen molar-refractivity contribution in [1.82, 2.24) is 15.2 Å². The molecule has 0 bridgehead atoms. The molecule has 0 unspecified atom stereocenters. The highest BCUT2D eigenvalue weighted by atomic mass is 19.4. The van der Waals surface area contributed by atoms with Crippen molar-refractivity contribution < 1.29 is 23.1 Å². The quantitative estimate of drug-likeness (QED) is 0.910. The van der Waals surface area contributed by atoms with E-state index in [0.29, 0.717) is 24.2 Å². The standard InChI is InChI=1S/C13H17F3N4O2/c1-3-9-10(4-2)18-19-12(17-9)20-5-7(11(21)22)8(6-20)13(14,15)16/h7-8H,3-6H2,1-2H3,(H,21,22)/t7-,8-/m1/s1. The molecule has 2 rings (SSSR count). The third-order valence-electron chi connectivity index (χ3n) is 3.84. The largest absolute Gasteiger partial charge is 0.481 e. The fourth-order valence-corrected chi connectivity index (χ4v) is 2.61. The molecule has 1 saturated heterocycles. The first-order chi connectivity index (χ1) is 10.3. The molecule has 6 nitrogen and oxygen atoms in total. The van der Waals surface area contributed by atoms with Crippen molar-refractivity contribution in [2.45, 2.75) is 32.9 Å². The number of nitrogens with zero attached hydrogens (tertiary/aromatic N) is 4. The van der Waals surface area contributed by atoms with Crippen LogP contribution < -0.4 is 4.90 Å². The topological polar surface area (TPSA) is 79.2 Å². The maximum absolute atomic E-state index is 13.0. The van der Waals surface area contributed by atoms with Crippen molar-refractivity contribution in [1.29, 1.82) is 0 Å². The van der Waals surface area contributed by atoms with Gasteiger partial charge in [0.05, 0.1) is 23.2 Å². The predicted molar refractivity (Wildman–Crippen MR) is 71.5 cm³/mol. The van der Waals surface area contributed by atoms with Gasteiger partial charge in [-0.05, 0) is 12.8 Å². The Labute approximate surface area is 125 Å². The zero-order valence-electron chi connectivity index (χ0n) is 12.3. The number of aryl methyl sites for hydroxylation is 2. The Balaban J connectivity index is 2.29. The summed E-state index contributed by atoms with van der Waals surface area (Å²) in [6.07, 6.45) is -3.35. The first kappa shape index (κ1) is 16.4. The normalized spacial score (nSPS) is 22.1. The monoisotopic (exact) mass is 318 g/mol. The molecule has 22 heavy (non-hydrogen) atoms. The molecule has 1 aromatic rings. The van der Waals surface area contributed by atoms with E-state index in [1.54, 1.807) is 0 Å². The molecule has 1 N–H and O–H groups in total. The van der Waals surface area contributed by atoms with Gasteiger partial charge in [-0.1, -0.05) is 13.8 Å². The Morgan fingerprint density at radius 1 is 1.23 bits per heavy atom. The van der Waals surface area contributed by atoms with Crippen LogP contribution in [0.25, 0.3) is 0 Å². The summed E-state index contributed by atoms with van der Waals surface area (Å²) in [6.45, 7) is 3.03. The fraction of sp³-hybridized carbons (Fsp3) is 0.692. The Morgan fingerprint density at radius 2 is 1.86 bits per heavy atom. The van der Waals surface area contributed by atoms with Crippen molar-refractivity contribution >= 4 is 11.9 Å². The number of aromatic nitrogens is 3. The van der Waals surface area contributed by atoms with Crippen LogP contribution in [-0.2, 0) is 17.6 Å². The number of anilines is 1. The Morgan fingerprint density at radius 3 is 2.32 bits per heavy atom. The SMILES string of the molecule is CCc1nnc(N2C[C@@H](C(F)(F)F)[C@H](C(=O)O)C2)nc1CC. The smallest absolute Gasteiger partial charge is 0.394 e. The molecule has 0 radical (unpaired) electrons. The number of carbonyl (C=O) groups is 1. The molecule has 2 heterocycles. The van der Waals surface area contributed by atoms with Gasteiger partial charge in [0.15, 0.2) is 0 Å². The van der Waals surface area contributed by atoms with Gasteiger partial charge in [-0.2, -0.15) is 18.3 Å². The van der Waals surface area contributed by atoms with Crippen LogP contribution in [0.1, 0.15) is 25.2 Å². The van der Waals surface area contributed by atoms with Gasteiger partial charge < -0.3 is 10.0 Å². The first-order valence-corrected chi connectivity index (χ1v) is 7.04. The molecule has 9 heteroatoms. The summed E-state index contributed by atoms with van der Waals surface area (Å²) in [6, 6.07) is 0. The molecular weight excluding hydrogens is 301 g/mol. The van der Waals surface area contributed by atoms with E-state index in [0.717, 1.165) is 0 Å². The molecule has 0 aromatic carbocycles. The Hall–Kier alpha value is -1.93. The summed E-state index contributed by atoms with van der Waals surface area (Å²) < 4.78 is 38.9. The van der Waals surface area contributed by atoms with Crippen LogP contribution in [0, 0.1) is 11.8 Å². The highest BCUT2D eigenvalue weighted by Gasteiger charge is 2.53. The number of carboxylic acid groups (broad SMARTS) is 1. The number of halogens is 3. The molecule has 1 fully saturated rings. The van der Waals surface area contributed by atoms with E-state index in [1.807, 2.05) is 13.8 Å². The number of rotatable bonds is 4. The van der Waals surface area contributed by atoms with E-state index in [4.69, 9.17) is 5.11 Å². The first-order valence-electron chi connectivity index (χ1n) is 7.04. The fourth-order valence-electron chi connectivity index (χ4n) is 2.61. The molecule has 0 amide bonds. The van der Waals surface area contributed by atoms with Gasteiger partial charge >= 0.3 is 12.1 Å². The highest BCUT2D eigenvalue weighted by Crippen LogP contribution is 2.38. The number of alkyl halides is 3. The second-order valence-corrected chi connectivity index (χ2v) is 5.21. The van der Waals surface area contributed by atoms with E-state index in [1.165, 1.54) is 4.90 Å². The third kappa shape index (κ3) is 3.12. The van der Waals surface area contributed by atoms with Crippen molar-refractivity contribution in [2.75, 3.05) is 18.0 Å². The Bertz CT molecular complexity index is 565. The van der Waals surface area contributed by atoms with E-state index in [2.05, 4.69) is 15.2 Å². The lowest BCUT2D eigenvalue weighted by Crippen LogP contribution is -2.33.